The number of nitrogens with zero attached hydrogens (tertiary/aromatic N) is 2. The lowest BCUT2D eigenvalue weighted by molar-refractivity contribution is -0.138. The van der Waals surface area contributed by atoms with Gasteiger partial charge in [0.05, 0.1) is 29.3 Å². The highest BCUT2D eigenvalue weighted by molar-refractivity contribution is 5.64. The largest absolute Gasteiger partial charge is 0.418 e. The van der Waals surface area contributed by atoms with E-state index >= 15 is 0 Å². The molecule has 0 unspecified atom stereocenters. The van der Waals surface area contributed by atoms with E-state index in [2.05, 4.69) is 4.98 Å². The lowest BCUT2D eigenvalue weighted by atomic mass is 10.0. The highest BCUT2D eigenvalue weighted by Crippen LogP contribution is 2.35. The standard InChI is InChI=1S/C15H8F6N2/c16-14(17,18)11-3-1-9(2-4-11)10-7-12(15(19,20)21)13(5-6-22)23-8-10/h1-4,7-8H,5H2. The first kappa shape index (κ1) is 16.8. The van der Waals surface area contributed by atoms with Crippen LogP contribution in [0, 0.1) is 11.3 Å². The van der Waals surface area contributed by atoms with E-state index in [0.29, 0.717) is 0 Å². The van der Waals surface area contributed by atoms with Gasteiger partial charge in [0.1, 0.15) is 0 Å². The van der Waals surface area contributed by atoms with E-state index in [-0.39, 0.29) is 11.1 Å². The second kappa shape index (κ2) is 5.91. The Hall–Kier alpha value is -2.56. The first-order valence-corrected chi connectivity index (χ1v) is 6.23. The maximum atomic E-state index is 13.0. The molecule has 2 rings (SSSR count). The zero-order chi connectivity index (χ0) is 17.3. The predicted molar refractivity (Wildman–Crippen MR) is 69.0 cm³/mol. The molecule has 0 spiro atoms. The molecule has 0 radical (unpaired) electrons. The van der Waals surface area contributed by atoms with Gasteiger partial charge in [-0.3, -0.25) is 4.98 Å². The molecular weight excluding hydrogens is 322 g/mol. The van der Waals surface area contributed by atoms with Gasteiger partial charge in [-0.05, 0) is 23.8 Å². The van der Waals surface area contributed by atoms with Crippen LogP contribution in [-0.2, 0) is 18.8 Å². The molecule has 1 aromatic heterocycles. The van der Waals surface area contributed by atoms with Gasteiger partial charge in [0.2, 0.25) is 0 Å². The van der Waals surface area contributed by atoms with Crippen LogP contribution < -0.4 is 0 Å². The summed E-state index contributed by atoms with van der Waals surface area (Å²) in [5, 5.41) is 8.54. The number of hydrogen-bond donors (Lipinski definition) is 0. The van der Waals surface area contributed by atoms with E-state index in [1.807, 2.05) is 0 Å². The van der Waals surface area contributed by atoms with E-state index in [4.69, 9.17) is 5.26 Å². The summed E-state index contributed by atoms with van der Waals surface area (Å²) >= 11 is 0. The molecule has 1 heterocycles. The van der Waals surface area contributed by atoms with Crippen LogP contribution >= 0.6 is 0 Å². The molecule has 0 bridgehead atoms. The Kier molecular flexibility index (Phi) is 4.32. The van der Waals surface area contributed by atoms with Crippen molar-refractivity contribution in [1.29, 1.82) is 5.26 Å². The van der Waals surface area contributed by atoms with E-state index in [1.165, 1.54) is 0 Å². The van der Waals surface area contributed by atoms with Gasteiger partial charge >= 0.3 is 12.4 Å². The number of halogens is 6. The third kappa shape index (κ3) is 3.80. The number of rotatable bonds is 2. The van der Waals surface area contributed by atoms with Crippen molar-refractivity contribution in [3.05, 3.63) is 53.3 Å². The van der Waals surface area contributed by atoms with Gasteiger partial charge in [-0.15, -0.1) is 0 Å². The first-order valence-electron chi connectivity index (χ1n) is 6.23. The predicted octanol–water partition coefficient (Wildman–Crippen LogP) is 4.85. The molecule has 0 fully saturated rings. The van der Waals surface area contributed by atoms with Crippen LogP contribution in [0.15, 0.2) is 36.5 Å². The van der Waals surface area contributed by atoms with Crippen LogP contribution in [0.2, 0.25) is 0 Å². The van der Waals surface area contributed by atoms with Crippen molar-refractivity contribution in [2.24, 2.45) is 0 Å². The Morgan fingerprint density at radius 2 is 1.52 bits per heavy atom. The molecule has 8 heteroatoms. The highest BCUT2D eigenvalue weighted by Gasteiger charge is 2.34. The highest BCUT2D eigenvalue weighted by atomic mass is 19.4. The van der Waals surface area contributed by atoms with Crippen molar-refractivity contribution < 1.29 is 26.3 Å². The molecule has 23 heavy (non-hydrogen) atoms. The number of hydrogen-bond acceptors (Lipinski definition) is 2. The molecule has 0 saturated carbocycles. The van der Waals surface area contributed by atoms with Crippen molar-refractivity contribution in [2.75, 3.05) is 0 Å². The molecule has 0 atom stereocenters. The zero-order valence-electron chi connectivity index (χ0n) is 11.3. The molecule has 0 N–H and O–H groups in total. The SMILES string of the molecule is N#CCc1ncc(-c2ccc(C(F)(F)F)cc2)cc1C(F)(F)F. The van der Waals surface area contributed by atoms with Crippen LogP contribution in [0.5, 0.6) is 0 Å². The molecule has 0 amide bonds. The van der Waals surface area contributed by atoms with Gasteiger partial charge < -0.3 is 0 Å². The first-order chi connectivity index (χ1) is 10.6. The smallest absolute Gasteiger partial charge is 0.259 e. The molecule has 120 valence electrons. The van der Waals surface area contributed by atoms with Crippen LogP contribution in [-0.4, -0.2) is 4.98 Å². The number of benzene rings is 1. The van der Waals surface area contributed by atoms with Crippen molar-refractivity contribution >= 4 is 0 Å². The summed E-state index contributed by atoms with van der Waals surface area (Å²) in [7, 11) is 0. The summed E-state index contributed by atoms with van der Waals surface area (Å²) in [5.41, 5.74) is -2.20. The van der Waals surface area contributed by atoms with E-state index < -0.39 is 35.6 Å². The zero-order valence-corrected chi connectivity index (χ0v) is 11.3. The fourth-order valence-corrected chi connectivity index (χ4v) is 1.96. The number of nitriles is 1. The molecular formula is C15H8F6N2. The minimum Gasteiger partial charge on any atom is -0.259 e. The number of pyridine rings is 1. The summed E-state index contributed by atoms with van der Waals surface area (Å²) < 4.78 is 76.4. The van der Waals surface area contributed by atoms with E-state index in [1.54, 1.807) is 6.07 Å². The monoisotopic (exact) mass is 330 g/mol. The van der Waals surface area contributed by atoms with Gasteiger partial charge in [-0.2, -0.15) is 31.6 Å². The molecule has 0 aliphatic carbocycles. The number of alkyl halides is 6. The summed E-state index contributed by atoms with van der Waals surface area (Å²) in [6.07, 6.45) is -8.64. The molecule has 2 nitrogen and oxygen atoms in total. The lowest BCUT2D eigenvalue weighted by Gasteiger charge is -2.13. The summed E-state index contributed by atoms with van der Waals surface area (Å²) in [5.74, 6) is 0. The lowest BCUT2D eigenvalue weighted by Crippen LogP contribution is -2.11. The summed E-state index contributed by atoms with van der Waals surface area (Å²) in [4.78, 5) is 3.62. The Morgan fingerprint density at radius 1 is 0.913 bits per heavy atom. The van der Waals surface area contributed by atoms with Crippen LogP contribution in [0.25, 0.3) is 11.1 Å². The Balaban J connectivity index is 2.47. The maximum Gasteiger partial charge on any atom is 0.418 e. The second-order valence-electron chi connectivity index (χ2n) is 4.63. The van der Waals surface area contributed by atoms with Gasteiger partial charge in [0.15, 0.2) is 0 Å². The summed E-state index contributed by atoms with van der Waals surface area (Å²) in [6.45, 7) is 0. The fourth-order valence-electron chi connectivity index (χ4n) is 1.96. The van der Waals surface area contributed by atoms with Crippen LogP contribution in [0.4, 0.5) is 26.3 Å². The van der Waals surface area contributed by atoms with E-state index in [0.717, 1.165) is 36.5 Å². The van der Waals surface area contributed by atoms with E-state index in [9.17, 15) is 26.3 Å². The molecule has 2 aromatic rings. The molecule has 0 aliphatic rings. The topological polar surface area (TPSA) is 36.7 Å². The maximum absolute atomic E-state index is 13.0. The van der Waals surface area contributed by atoms with Gasteiger partial charge in [0.25, 0.3) is 0 Å². The molecule has 0 aliphatic heterocycles. The average Bonchev–Trinajstić information content (AvgIpc) is 2.46. The van der Waals surface area contributed by atoms with Crippen molar-refractivity contribution in [3.63, 3.8) is 0 Å². The fraction of sp³-hybridized carbons (Fsp3) is 0.200. The quantitative estimate of drug-likeness (QED) is 0.738. The summed E-state index contributed by atoms with van der Waals surface area (Å²) in [6, 6.07) is 6.09. The normalized spacial score (nSPS) is 12.0. The minimum atomic E-state index is -4.71. The Morgan fingerprint density at radius 3 is 2.00 bits per heavy atom. The van der Waals surface area contributed by atoms with Gasteiger partial charge in [0, 0.05) is 11.8 Å². The van der Waals surface area contributed by atoms with Crippen LogP contribution in [0.3, 0.4) is 0 Å². The van der Waals surface area contributed by atoms with Gasteiger partial charge in [-0.25, -0.2) is 0 Å². The van der Waals surface area contributed by atoms with Crippen LogP contribution in [0.1, 0.15) is 16.8 Å². The number of aromatic nitrogens is 1. The third-order valence-corrected chi connectivity index (χ3v) is 3.07. The average molecular weight is 330 g/mol. The van der Waals surface area contributed by atoms with Crippen molar-refractivity contribution in [2.45, 2.75) is 18.8 Å². The van der Waals surface area contributed by atoms with Crippen molar-refractivity contribution in [1.82, 2.24) is 4.98 Å². The minimum absolute atomic E-state index is 0.0211. The van der Waals surface area contributed by atoms with Crippen molar-refractivity contribution in [3.8, 4) is 17.2 Å². The van der Waals surface area contributed by atoms with Gasteiger partial charge in [-0.1, -0.05) is 12.1 Å². The Bertz CT molecular complexity index is 739. The third-order valence-electron chi connectivity index (χ3n) is 3.07. The molecule has 1 aromatic carbocycles. The molecule has 0 saturated heterocycles. The Labute approximate surface area is 127 Å². The second-order valence-corrected chi connectivity index (χ2v) is 4.63.